The van der Waals surface area contributed by atoms with Crippen LogP contribution in [0.5, 0.6) is 0 Å². The van der Waals surface area contributed by atoms with Gasteiger partial charge >= 0.3 is 0 Å². The molecule has 1 aromatic rings. The highest BCUT2D eigenvalue weighted by Crippen LogP contribution is 2.18. The molecule has 1 heterocycles. The molecule has 7 heteroatoms. The monoisotopic (exact) mass is 280 g/mol. The van der Waals surface area contributed by atoms with Crippen LogP contribution in [0.2, 0.25) is 0 Å². The molecule has 1 saturated heterocycles. The van der Waals surface area contributed by atoms with Crippen LogP contribution in [0.25, 0.3) is 0 Å². The zero-order chi connectivity index (χ0) is 11.8. The first-order valence-corrected chi connectivity index (χ1v) is 6.40. The van der Waals surface area contributed by atoms with Crippen LogP contribution >= 0.6 is 12.4 Å². The van der Waals surface area contributed by atoms with Crippen molar-refractivity contribution in [1.82, 2.24) is 9.62 Å². The maximum atomic E-state index is 13.0. The number of hydrogen-bond donors (Lipinski definition) is 1. The molecular formula is C10H14ClFN2O2S. The molecule has 0 aromatic heterocycles. The standard InChI is InChI=1S/C10H13FN2O2S.ClH/c1-13(9-6-12-7-9)16(14,15)10-4-2-3-8(11)5-10;/h2-5,9,12H,6-7H2,1H3;1H. The Bertz CT molecular complexity index is 491. The number of likely N-dealkylation sites (N-methyl/N-ethyl adjacent to an activating group) is 1. The van der Waals surface area contributed by atoms with E-state index in [1.807, 2.05) is 0 Å². The molecule has 0 spiro atoms. The largest absolute Gasteiger partial charge is 0.313 e. The molecule has 1 N–H and O–H groups in total. The van der Waals surface area contributed by atoms with Crippen molar-refractivity contribution in [2.24, 2.45) is 0 Å². The van der Waals surface area contributed by atoms with E-state index >= 15 is 0 Å². The Labute approximate surface area is 106 Å². The third-order valence-corrected chi connectivity index (χ3v) is 4.65. The van der Waals surface area contributed by atoms with Crippen LogP contribution in [-0.2, 0) is 10.0 Å². The van der Waals surface area contributed by atoms with Gasteiger partial charge in [0.1, 0.15) is 5.82 Å². The van der Waals surface area contributed by atoms with Crippen LogP contribution in [0.1, 0.15) is 0 Å². The van der Waals surface area contributed by atoms with Gasteiger partial charge in [-0.25, -0.2) is 12.8 Å². The van der Waals surface area contributed by atoms with E-state index in [-0.39, 0.29) is 23.3 Å². The number of sulfonamides is 1. The van der Waals surface area contributed by atoms with Crippen molar-refractivity contribution in [2.45, 2.75) is 10.9 Å². The summed E-state index contributed by atoms with van der Waals surface area (Å²) in [5.41, 5.74) is 0. The lowest BCUT2D eigenvalue weighted by Crippen LogP contribution is -2.57. The lowest BCUT2D eigenvalue weighted by molar-refractivity contribution is 0.274. The lowest BCUT2D eigenvalue weighted by atomic mass is 10.2. The van der Waals surface area contributed by atoms with Crippen LogP contribution in [-0.4, -0.2) is 38.9 Å². The van der Waals surface area contributed by atoms with Gasteiger partial charge in [-0.15, -0.1) is 12.4 Å². The maximum absolute atomic E-state index is 13.0. The van der Waals surface area contributed by atoms with Gasteiger partial charge in [-0.1, -0.05) is 6.07 Å². The van der Waals surface area contributed by atoms with Gasteiger partial charge in [0.05, 0.1) is 4.90 Å². The minimum atomic E-state index is -3.57. The fourth-order valence-corrected chi connectivity index (χ4v) is 2.91. The Morgan fingerprint density at radius 2 is 2.06 bits per heavy atom. The highest BCUT2D eigenvalue weighted by atomic mass is 35.5. The summed E-state index contributed by atoms with van der Waals surface area (Å²) in [6.45, 7) is 1.29. The molecule has 4 nitrogen and oxygen atoms in total. The summed E-state index contributed by atoms with van der Waals surface area (Å²) in [5, 5.41) is 3.00. The molecule has 2 rings (SSSR count). The molecule has 0 saturated carbocycles. The Morgan fingerprint density at radius 1 is 1.41 bits per heavy atom. The van der Waals surface area contributed by atoms with Gasteiger partial charge in [-0.05, 0) is 18.2 Å². The van der Waals surface area contributed by atoms with Gasteiger partial charge in [0.15, 0.2) is 0 Å². The minimum Gasteiger partial charge on any atom is -0.313 e. The SMILES string of the molecule is CN(C1CNC1)S(=O)(=O)c1cccc(F)c1.Cl. The van der Waals surface area contributed by atoms with Crippen LogP contribution in [0.15, 0.2) is 29.2 Å². The summed E-state index contributed by atoms with van der Waals surface area (Å²) < 4.78 is 38.4. The molecule has 0 atom stereocenters. The van der Waals surface area contributed by atoms with Gasteiger partial charge in [0.2, 0.25) is 10.0 Å². The Morgan fingerprint density at radius 3 is 2.53 bits per heavy atom. The highest BCUT2D eigenvalue weighted by molar-refractivity contribution is 7.89. The van der Waals surface area contributed by atoms with Crippen molar-refractivity contribution in [3.05, 3.63) is 30.1 Å². The van der Waals surface area contributed by atoms with Crippen molar-refractivity contribution in [3.8, 4) is 0 Å². The van der Waals surface area contributed by atoms with E-state index in [0.717, 1.165) is 6.07 Å². The maximum Gasteiger partial charge on any atom is 0.243 e. The molecule has 1 aliphatic rings. The predicted molar refractivity (Wildman–Crippen MR) is 65.3 cm³/mol. The number of nitrogens with zero attached hydrogens (tertiary/aromatic N) is 1. The van der Waals surface area contributed by atoms with Gasteiger partial charge in [0, 0.05) is 26.2 Å². The number of hydrogen-bond acceptors (Lipinski definition) is 3. The quantitative estimate of drug-likeness (QED) is 0.893. The zero-order valence-electron chi connectivity index (χ0n) is 9.26. The molecule has 0 aliphatic carbocycles. The summed E-state index contributed by atoms with van der Waals surface area (Å²) in [4.78, 5) is 0.00176. The third kappa shape index (κ3) is 2.77. The van der Waals surface area contributed by atoms with Gasteiger partial charge in [-0.2, -0.15) is 4.31 Å². The van der Waals surface area contributed by atoms with E-state index in [2.05, 4.69) is 5.32 Å². The van der Waals surface area contributed by atoms with Gasteiger partial charge in [-0.3, -0.25) is 0 Å². The predicted octanol–water partition coefficient (Wildman–Crippen LogP) is 0.840. The Kier molecular flexibility index (Phi) is 4.48. The molecule has 0 amide bonds. The summed E-state index contributed by atoms with van der Waals surface area (Å²) >= 11 is 0. The second-order valence-electron chi connectivity index (χ2n) is 3.79. The fourth-order valence-electron chi connectivity index (χ4n) is 1.52. The summed E-state index contributed by atoms with van der Waals surface area (Å²) in [6, 6.07) is 5.03. The van der Waals surface area contributed by atoms with E-state index in [1.54, 1.807) is 0 Å². The summed E-state index contributed by atoms with van der Waals surface area (Å²) in [5.74, 6) is -0.541. The fraction of sp³-hybridized carbons (Fsp3) is 0.400. The van der Waals surface area contributed by atoms with Crippen LogP contribution < -0.4 is 5.32 Å². The number of benzene rings is 1. The van der Waals surface area contributed by atoms with E-state index in [4.69, 9.17) is 0 Å². The smallest absolute Gasteiger partial charge is 0.243 e. The Hall–Kier alpha value is -0.690. The first-order chi connectivity index (χ1) is 7.51. The normalized spacial score (nSPS) is 16.4. The van der Waals surface area contributed by atoms with E-state index < -0.39 is 15.8 Å². The summed E-state index contributed by atoms with van der Waals surface area (Å²) in [7, 11) is -2.05. The van der Waals surface area contributed by atoms with Crippen molar-refractivity contribution in [2.75, 3.05) is 20.1 Å². The molecule has 1 aromatic carbocycles. The third-order valence-electron chi connectivity index (χ3n) is 2.75. The van der Waals surface area contributed by atoms with E-state index in [9.17, 15) is 12.8 Å². The first-order valence-electron chi connectivity index (χ1n) is 4.96. The van der Waals surface area contributed by atoms with Crippen LogP contribution in [0.3, 0.4) is 0 Å². The molecule has 1 fully saturated rings. The summed E-state index contributed by atoms with van der Waals surface area (Å²) in [6.07, 6.45) is 0. The van der Waals surface area contributed by atoms with Crippen LogP contribution in [0.4, 0.5) is 4.39 Å². The second kappa shape index (κ2) is 5.30. The number of nitrogens with one attached hydrogen (secondary N) is 1. The minimum absolute atomic E-state index is 0. The number of rotatable bonds is 3. The van der Waals surface area contributed by atoms with Crippen molar-refractivity contribution >= 4 is 22.4 Å². The zero-order valence-corrected chi connectivity index (χ0v) is 10.9. The molecule has 0 bridgehead atoms. The average molecular weight is 281 g/mol. The van der Waals surface area contributed by atoms with Crippen molar-refractivity contribution in [3.63, 3.8) is 0 Å². The highest BCUT2D eigenvalue weighted by Gasteiger charge is 2.31. The molecule has 96 valence electrons. The number of halogens is 2. The lowest BCUT2D eigenvalue weighted by Gasteiger charge is -2.34. The van der Waals surface area contributed by atoms with E-state index in [0.29, 0.717) is 13.1 Å². The van der Waals surface area contributed by atoms with Crippen LogP contribution in [0, 0.1) is 5.82 Å². The van der Waals surface area contributed by atoms with Crippen molar-refractivity contribution < 1.29 is 12.8 Å². The molecule has 1 aliphatic heterocycles. The van der Waals surface area contributed by atoms with Crippen molar-refractivity contribution in [1.29, 1.82) is 0 Å². The van der Waals surface area contributed by atoms with E-state index in [1.165, 1.54) is 29.6 Å². The molecule has 17 heavy (non-hydrogen) atoms. The second-order valence-corrected chi connectivity index (χ2v) is 5.79. The first kappa shape index (κ1) is 14.4. The van der Waals surface area contributed by atoms with Gasteiger partial charge in [0.25, 0.3) is 0 Å². The molecule has 0 radical (unpaired) electrons. The average Bonchev–Trinajstić information content (AvgIpc) is 2.15. The topological polar surface area (TPSA) is 49.4 Å². The van der Waals surface area contributed by atoms with Gasteiger partial charge < -0.3 is 5.32 Å². The molecular weight excluding hydrogens is 267 g/mol. The molecule has 0 unspecified atom stereocenters. The Balaban J connectivity index is 0.00000144.